The van der Waals surface area contributed by atoms with Crippen molar-refractivity contribution in [2.24, 2.45) is 5.92 Å². The number of aromatic nitrogens is 1. The molecule has 0 saturated heterocycles. The molecule has 2 aromatic rings. The summed E-state index contributed by atoms with van der Waals surface area (Å²) in [7, 11) is 0. The zero-order valence-corrected chi connectivity index (χ0v) is 12.0. The molecule has 5 nitrogen and oxygen atoms in total. The van der Waals surface area contributed by atoms with Gasteiger partial charge in [0.25, 0.3) is 0 Å². The largest absolute Gasteiger partial charge is 0.461 e. The minimum absolute atomic E-state index is 0.245. The number of benzene rings is 1. The van der Waals surface area contributed by atoms with Gasteiger partial charge in [-0.3, -0.25) is 0 Å². The molecule has 1 fully saturated rings. The summed E-state index contributed by atoms with van der Waals surface area (Å²) in [5, 5.41) is 2.50. The molecule has 0 spiro atoms. The molecular formula is C15H13NO4S. The highest BCUT2D eigenvalue weighted by molar-refractivity contribution is 7.13. The van der Waals surface area contributed by atoms with E-state index in [1.165, 1.54) is 11.3 Å². The summed E-state index contributed by atoms with van der Waals surface area (Å²) >= 11 is 1.42. The number of hydrogen-bond donors (Lipinski definition) is 0. The normalized spacial score (nSPS) is 16.0. The van der Waals surface area contributed by atoms with E-state index in [1.54, 1.807) is 5.38 Å². The quantitative estimate of drug-likeness (QED) is 0.812. The highest BCUT2D eigenvalue weighted by Gasteiger charge is 2.24. The van der Waals surface area contributed by atoms with E-state index < -0.39 is 0 Å². The van der Waals surface area contributed by atoms with Crippen LogP contribution in [0.3, 0.4) is 0 Å². The molecule has 6 heteroatoms. The van der Waals surface area contributed by atoms with Gasteiger partial charge >= 0.3 is 5.97 Å². The molecule has 1 aromatic carbocycles. The maximum atomic E-state index is 11.9. The van der Waals surface area contributed by atoms with Crippen LogP contribution in [0.15, 0.2) is 23.6 Å². The van der Waals surface area contributed by atoms with E-state index in [0.717, 1.165) is 29.2 Å². The Kier molecular flexibility index (Phi) is 3.03. The number of fused-ring (bicyclic) bond motifs is 1. The van der Waals surface area contributed by atoms with Gasteiger partial charge in [-0.05, 0) is 37.0 Å². The molecular weight excluding hydrogens is 290 g/mol. The fourth-order valence-corrected chi connectivity index (χ4v) is 2.87. The van der Waals surface area contributed by atoms with Crippen LogP contribution in [-0.2, 0) is 4.74 Å². The third kappa shape index (κ3) is 2.58. The number of carbonyl (C=O) groups is 1. The lowest BCUT2D eigenvalue weighted by Gasteiger charge is -2.00. The van der Waals surface area contributed by atoms with E-state index in [2.05, 4.69) is 4.98 Å². The minimum atomic E-state index is -0.342. The Labute approximate surface area is 125 Å². The van der Waals surface area contributed by atoms with E-state index in [4.69, 9.17) is 14.2 Å². The molecule has 2 aliphatic rings. The zero-order chi connectivity index (χ0) is 14.2. The second-order valence-corrected chi connectivity index (χ2v) is 6.01. The van der Waals surface area contributed by atoms with Gasteiger partial charge in [-0.1, -0.05) is 0 Å². The lowest BCUT2D eigenvalue weighted by Crippen LogP contribution is -2.07. The van der Waals surface area contributed by atoms with E-state index in [1.807, 2.05) is 18.2 Å². The molecule has 1 aliphatic heterocycles. The molecule has 4 rings (SSSR count). The van der Waals surface area contributed by atoms with Crippen molar-refractivity contribution in [2.75, 3.05) is 13.4 Å². The Morgan fingerprint density at radius 3 is 3.05 bits per heavy atom. The maximum Gasteiger partial charge on any atom is 0.357 e. The lowest BCUT2D eigenvalue weighted by molar-refractivity contribution is 0.0480. The Bertz CT molecular complexity index is 693. The highest BCUT2D eigenvalue weighted by atomic mass is 32.1. The van der Waals surface area contributed by atoms with Crippen molar-refractivity contribution < 1.29 is 19.0 Å². The molecule has 108 valence electrons. The van der Waals surface area contributed by atoms with Gasteiger partial charge < -0.3 is 14.2 Å². The van der Waals surface area contributed by atoms with Crippen LogP contribution in [0.1, 0.15) is 23.3 Å². The maximum absolute atomic E-state index is 11.9. The van der Waals surface area contributed by atoms with Crippen LogP contribution in [0.2, 0.25) is 0 Å². The summed E-state index contributed by atoms with van der Waals surface area (Å²) in [4.78, 5) is 16.2. The first kappa shape index (κ1) is 12.6. The third-order valence-corrected chi connectivity index (χ3v) is 4.37. The summed E-state index contributed by atoms with van der Waals surface area (Å²) in [5.74, 6) is 1.66. The Balaban J connectivity index is 1.51. The van der Waals surface area contributed by atoms with Crippen molar-refractivity contribution in [3.05, 3.63) is 29.3 Å². The molecule has 0 bridgehead atoms. The van der Waals surface area contributed by atoms with Crippen molar-refractivity contribution in [3.8, 4) is 22.1 Å². The van der Waals surface area contributed by atoms with E-state index >= 15 is 0 Å². The Morgan fingerprint density at radius 2 is 2.19 bits per heavy atom. The minimum Gasteiger partial charge on any atom is -0.461 e. The molecule has 0 radical (unpaired) electrons. The summed E-state index contributed by atoms with van der Waals surface area (Å²) in [6, 6.07) is 5.64. The first-order valence-corrected chi connectivity index (χ1v) is 7.70. The van der Waals surface area contributed by atoms with Gasteiger partial charge in [0.15, 0.2) is 17.2 Å². The van der Waals surface area contributed by atoms with Crippen molar-refractivity contribution in [3.63, 3.8) is 0 Å². The van der Waals surface area contributed by atoms with Gasteiger partial charge in [-0.15, -0.1) is 11.3 Å². The predicted octanol–water partition coefficient (Wildman–Crippen LogP) is 3.11. The van der Waals surface area contributed by atoms with Gasteiger partial charge in [0.2, 0.25) is 6.79 Å². The van der Waals surface area contributed by atoms with E-state index in [0.29, 0.717) is 24.0 Å². The number of carbonyl (C=O) groups excluding carboxylic acids is 1. The highest BCUT2D eigenvalue weighted by Crippen LogP contribution is 2.36. The molecule has 2 heterocycles. The van der Waals surface area contributed by atoms with E-state index in [9.17, 15) is 4.79 Å². The number of hydrogen-bond acceptors (Lipinski definition) is 6. The topological polar surface area (TPSA) is 57.7 Å². The van der Waals surface area contributed by atoms with Crippen LogP contribution in [-0.4, -0.2) is 24.4 Å². The number of rotatable bonds is 4. The van der Waals surface area contributed by atoms with Crippen molar-refractivity contribution in [1.82, 2.24) is 4.98 Å². The molecule has 0 N–H and O–H groups in total. The van der Waals surface area contributed by atoms with E-state index in [-0.39, 0.29) is 12.8 Å². The Hall–Kier alpha value is -2.08. The monoisotopic (exact) mass is 303 g/mol. The molecule has 0 unspecified atom stereocenters. The van der Waals surface area contributed by atoms with Crippen molar-refractivity contribution >= 4 is 17.3 Å². The smallest absolute Gasteiger partial charge is 0.357 e. The first-order valence-electron chi connectivity index (χ1n) is 6.82. The standard InChI is InChI=1S/C15H13NO4S/c17-15(18-6-9-1-2-9)11-7-21-14(16-11)10-3-4-12-13(5-10)20-8-19-12/h3-5,7,9H,1-2,6,8H2. The van der Waals surface area contributed by atoms with Crippen molar-refractivity contribution in [1.29, 1.82) is 0 Å². The average Bonchev–Trinajstić information content (AvgIpc) is 3.02. The molecule has 1 aliphatic carbocycles. The third-order valence-electron chi connectivity index (χ3n) is 3.48. The van der Waals surface area contributed by atoms with Crippen LogP contribution in [0.4, 0.5) is 0 Å². The average molecular weight is 303 g/mol. The van der Waals surface area contributed by atoms with Gasteiger partial charge in [0.05, 0.1) is 6.61 Å². The summed E-state index contributed by atoms with van der Waals surface area (Å²) < 4.78 is 15.9. The molecule has 0 amide bonds. The second kappa shape index (κ2) is 5.04. The SMILES string of the molecule is O=C(OCC1CC1)c1csc(-c2ccc3c(c2)OCO3)n1. The molecule has 0 atom stereocenters. The number of esters is 1. The van der Waals surface area contributed by atoms with Crippen LogP contribution >= 0.6 is 11.3 Å². The molecule has 1 aromatic heterocycles. The zero-order valence-electron chi connectivity index (χ0n) is 11.2. The fraction of sp³-hybridized carbons (Fsp3) is 0.333. The second-order valence-electron chi connectivity index (χ2n) is 5.15. The summed E-state index contributed by atoms with van der Waals surface area (Å²) in [6.07, 6.45) is 2.32. The number of nitrogens with zero attached hydrogens (tertiary/aromatic N) is 1. The number of ether oxygens (including phenoxy) is 3. The Morgan fingerprint density at radius 1 is 1.33 bits per heavy atom. The van der Waals surface area contributed by atoms with Gasteiger partial charge in [0.1, 0.15) is 5.01 Å². The lowest BCUT2D eigenvalue weighted by atomic mass is 10.2. The first-order chi connectivity index (χ1) is 10.3. The van der Waals surface area contributed by atoms with Crippen LogP contribution in [0, 0.1) is 5.92 Å². The van der Waals surface area contributed by atoms with Crippen LogP contribution < -0.4 is 9.47 Å². The predicted molar refractivity (Wildman–Crippen MR) is 76.7 cm³/mol. The van der Waals surface area contributed by atoms with Crippen molar-refractivity contribution in [2.45, 2.75) is 12.8 Å². The summed E-state index contributed by atoms with van der Waals surface area (Å²) in [5.41, 5.74) is 1.28. The van der Waals surface area contributed by atoms with Crippen LogP contribution in [0.25, 0.3) is 10.6 Å². The van der Waals surface area contributed by atoms with Gasteiger partial charge in [-0.25, -0.2) is 9.78 Å². The summed E-state index contributed by atoms with van der Waals surface area (Å²) in [6.45, 7) is 0.755. The number of thiazole rings is 1. The fourth-order valence-electron chi connectivity index (χ4n) is 2.08. The van der Waals surface area contributed by atoms with Gasteiger partial charge in [-0.2, -0.15) is 0 Å². The molecule has 1 saturated carbocycles. The van der Waals surface area contributed by atoms with Crippen LogP contribution in [0.5, 0.6) is 11.5 Å². The molecule has 21 heavy (non-hydrogen) atoms. The van der Waals surface area contributed by atoms with Gasteiger partial charge in [0, 0.05) is 10.9 Å².